The Kier molecular flexibility index (Phi) is 4.62. The fourth-order valence-electron chi connectivity index (χ4n) is 3.50. The Morgan fingerprint density at radius 1 is 1.04 bits per heavy atom. The third-order valence-electron chi connectivity index (χ3n) is 4.83. The Bertz CT molecular complexity index is 797. The van der Waals surface area contributed by atoms with Gasteiger partial charge in [0, 0.05) is 5.56 Å². The molecule has 3 rings (SSSR count). The average molecular weight is 329 g/mol. The highest BCUT2D eigenvalue weighted by molar-refractivity contribution is 5.41. The van der Waals surface area contributed by atoms with Gasteiger partial charge < -0.3 is 0 Å². The second-order valence-electron chi connectivity index (χ2n) is 6.57. The lowest BCUT2D eigenvalue weighted by Gasteiger charge is -2.25. The van der Waals surface area contributed by atoms with Crippen molar-refractivity contribution >= 4 is 0 Å². The minimum atomic E-state index is -0.493. The zero-order valence-electron chi connectivity index (χ0n) is 13.5. The molecule has 0 N–H and O–H groups in total. The highest BCUT2D eigenvalue weighted by Crippen LogP contribution is 2.31. The molecular formula is C20H18F3N. The van der Waals surface area contributed by atoms with Crippen molar-refractivity contribution in [3.8, 4) is 6.07 Å². The van der Waals surface area contributed by atoms with Crippen LogP contribution in [0.3, 0.4) is 0 Å². The van der Waals surface area contributed by atoms with Crippen molar-refractivity contribution < 1.29 is 13.2 Å². The van der Waals surface area contributed by atoms with E-state index in [2.05, 4.69) is 0 Å². The summed E-state index contributed by atoms with van der Waals surface area (Å²) in [6.45, 7) is 1.66. The van der Waals surface area contributed by atoms with Gasteiger partial charge in [-0.1, -0.05) is 0 Å². The molecular weight excluding hydrogens is 311 g/mol. The molecule has 0 fully saturated rings. The van der Waals surface area contributed by atoms with Crippen molar-refractivity contribution in [3.05, 3.63) is 69.5 Å². The van der Waals surface area contributed by atoms with Gasteiger partial charge in [-0.25, -0.2) is 13.2 Å². The first-order chi connectivity index (χ1) is 11.5. The summed E-state index contributed by atoms with van der Waals surface area (Å²) in [6, 6.07) is 7.63. The number of fused-ring (bicyclic) bond motifs is 1. The third-order valence-corrected chi connectivity index (χ3v) is 4.83. The molecule has 2 aromatic carbocycles. The monoisotopic (exact) mass is 329 g/mol. The van der Waals surface area contributed by atoms with E-state index in [0.717, 1.165) is 24.0 Å². The van der Waals surface area contributed by atoms with E-state index >= 15 is 0 Å². The van der Waals surface area contributed by atoms with Crippen molar-refractivity contribution in [3.63, 3.8) is 0 Å². The lowest BCUT2D eigenvalue weighted by atomic mass is 9.80. The molecule has 0 aliphatic heterocycles. The number of hydrogen-bond acceptors (Lipinski definition) is 1. The molecule has 0 amide bonds. The second kappa shape index (κ2) is 6.68. The first kappa shape index (κ1) is 16.6. The number of nitrogens with zero attached hydrogens (tertiary/aromatic N) is 1. The Morgan fingerprint density at radius 2 is 1.75 bits per heavy atom. The summed E-state index contributed by atoms with van der Waals surface area (Å²) in [4.78, 5) is 0. The molecule has 124 valence electrons. The zero-order chi connectivity index (χ0) is 17.3. The number of aryl methyl sites for hydroxylation is 2. The fourth-order valence-corrected chi connectivity index (χ4v) is 3.50. The van der Waals surface area contributed by atoms with Gasteiger partial charge in [-0.05, 0) is 85.9 Å². The Hall–Kier alpha value is -2.28. The third kappa shape index (κ3) is 3.31. The van der Waals surface area contributed by atoms with Crippen LogP contribution in [0.5, 0.6) is 0 Å². The van der Waals surface area contributed by atoms with E-state index in [-0.39, 0.29) is 17.0 Å². The molecule has 1 nitrogen and oxygen atoms in total. The predicted octanol–water partition coefficient (Wildman–Crippen LogP) is 5.02. The summed E-state index contributed by atoms with van der Waals surface area (Å²) < 4.78 is 41.6. The molecule has 1 atom stereocenters. The van der Waals surface area contributed by atoms with E-state index in [9.17, 15) is 13.2 Å². The minimum absolute atomic E-state index is 0.0796. The van der Waals surface area contributed by atoms with E-state index < -0.39 is 17.5 Å². The van der Waals surface area contributed by atoms with Crippen LogP contribution in [0, 0.1) is 41.6 Å². The summed E-state index contributed by atoms with van der Waals surface area (Å²) in [5, 5.41) is 8.89. The molecule has 0 bridgehead atoms. The van der Waals surface area contributed by atoms with Crippen LogP contribution in [0.15, 0.2) is 24.3 Å². The quantitative estimate of drug-likeness (QED) is 0.775. The van der Waals surface area contributed by atoms with Gasteiger partial charge in [0.25, 0.3) is 0 Å². The molecule has 1 aliphatic rings. The van der Waals surface area contributed by atoms with Crippen molar-refractivity contribution in [2.45, 2.75) is 39.0 Å². The fraction of sp³-hybridized carbons (Fsp3) is 0.350. The van der Waals surface area contributed by atoms with Crippen LogP contribution >= 0.6 is 0 Å². The SMILES string of the molecule is Cc1cc(F)c(CCC2CCc3cc(C#N)c(F)cc3C2)c(F)c1. The molecule has 0 saturated heterocycles. The van der Waals surface area contributed by atoms with E-state index in [4.69, 9.17) is 5.26 Å². The largest absolute Gasteiger partial charge is 0.207 e. The van der Waals surface area contributed by atoms with Crippen LogP contribution in [0.1, 0.15) is 40.7 Å². The molecule has 0 radical (unpaired) electrons. The Morgan fingerprint density at radius 3 is 2.42 bits per heavy atom. The standard InChI is InChI=1S/C20H18F3N/c1-12-6-19(22)17(20(23)7-12)5-3-13-2-4-14-9-16(11-24)18(21)10-15(14)8-13/h6-7,9-10,13H,2-5,8H2,1H3. The summed E-state index contributed by atoms with van der Waals surface area (Å²) in [7, 11) is 0. The molecule has 0 aromatic heterocycles. The summed E-state index contributed by atoms with van der Waals surface area (Å²) in [6.07, 6.45) is 3.36. The number of rotatable bonds is 3. The first-order valence-electron chi connectivity index (χ1n) is 8.14. The lowest BCUT2D eigenvalue weighted by Crippen LogP contribution is -2.16. The molecule has 2 aromatic rings. The maximum atomic E-state index is 13.9. The number of nitriles is 1. The van der Waals surface area contributed by atoms with Gasteiger partial charge in [-0.15, -0.1) is 0 Å². The highest BCUT2D eigenvalue weighted by atomic mass is 19.1. The van der Waals surface area contributed by atoms with Crippen LogP contribution in [0.2, 0.25) is 0 Å². The van der Waals surface area contributed by atoms with Crippen molar-refractivity contribution in [1.29, 1.82) is 5.26 Å². The number of hydrogen-bond donors (Lipinski definition) is 0. The van der Waals surface area contributed by atoms with Crippen molar-refractivity contribution in [2.24, 2.45) is 5.92 Å². The highest BCUT2D eigenvalue weighted by Gasteiger charge is 2.21. The van der Waals surface area contributed by atoms with Crippen LogP contribution < -0.4 is 0 Å². The summed E-state index contributed by atoms with van der Waals surface area (Å²) >= 11 is 0. The van der Waals surface area contributed by atoms with E-state index in [1.54, 1.807) is 13.0 Å². The van der Waals surface area contributed by atoms with E-state index in [1.165, 1.54) is 18.2 Å². The molecule has 1 unspecified atom stereocenters. The maximum Gasteiger partial charge on any atom is 0.141 e. The van der Waals surface area contributed by atoms with Gasteiger partial charge in [0.15, 0.2) is 0 Å². The van der Waals surface area contributed by atoms with Gasteiger partial charge in [-0.2, -0.15) is 5.26 Å². The molecule has 0 heterocycles. The summed E-state index contributed by atoms with van der Waals surface area (Å²) in [5.41, 5.74) is 2.71. The smallest absolute Gasteiger partial charge is 0.141 e. The van der Waals surface area contributed by atoms with Gasteiger partial charge in [0.2, 0.25) is 0 Å². The normalized spacial score (nSPS) is 16.5. The maximum absolute atomic E-state index is 13.9. The van der Waals surface area contributed by atoms with Gasteiger partial charge in [-0.3, -0.25) is 0 Å². The van der Waals surface area contributed by atoms with Gasteiger partial charge in [0.1, 0.15) is 23.5 Å². The Balaban J connectivity index is 1.71. The molecule has 1 aliphatic carbocycles. The predicted molar refractivity (Wildman–Crippen MR) is 86.0 cm³/mol. The zero-order valence-corrected chi connectivity index (χ0v) is 13.5. The average Bonchev–Trinajstić information content (AvgIpc) is 2.53. The second-order valence-corrected chi connectivity index (χ2v) is 6.57. The molecule has 0 saturated carbocycles. The van der Waals surface area contributed by atoms with Crippen LogP contribution in [-0.2, 0) is 19.3 Å². The molecule has 0 spiro atoms. The van der Waals surface area contributed by atoms with Gasteiger partial charge >= 0.3 is 0 Å². The molecule has 24 heavy (non-hydrogen) atoms. The number of benzene rings is 2. The first-order valence-corrected chi connectivity index (χ1v) is 8.14. The van der Waals surface area contributed by atoms with Crippen molar-refractivity contribution in [1.82, 2.24) is 0 Å². The van der Waals surface area contributed by atoms with Crippen LogP contribution in [0.4, 0.5) is 13.2 Å². The van der Waals surface area contributed by atoms with E-state index in [1.807, 2.05) is 6.07 Å². The van der Waals surface area contributed by atoms with Crippen molar-refractivity contribution in [2.75, 3.05) is 0 Å². The summed E-state index contributed by atoms with van der Waals surface area (Å²) in [5.74, 6) is -1.21. The van der Waals surface area contributed by atoms with Gasteiger partial charge in [0.05, 0.1) is 5.56 Å². The van der Waals surface area contributed by atoms with Crippen LogP contribution in [-0.4, -0.2) is 0 Å². The number of halogens is 3. The van der Waals surface area contributed by atoms with E-state index in [0.29, 0.717) is 24.8 Å². The minimum Gasteiger partial charge on any atom is -0.207 e. The Labute approximate surface area is 139 Å². The topological polar surface area (TPSA) is 23.8 Å². The molecule has 4 heteroatoms. The lowest BCUT2D eigenvalue weighted by molar-refractivity contribution is 0.417. The van der Waals surface area contributed by atoms with Crippen LogP contribution in [0.25, 0.3) is 0 Å².